The van der Waals surface area contributed by atoms with E-state index >= 15 is 0 Å². The second-order valence-corrected chi connectivity index (χ2v) is 8.79. The van der Waals surface area contributed by atoms with Gasteiger partial charge in [-0.1, -0.05) is 41.9 Å². The smallest absolute Gasteiger partial charge is 0.143 e. The van der Waals surface area contributed by atoms with Crippen LogP contribution in [-0.4, -0.2) is 9.97 Å². The van der Waals surface area contributed by atoms with E-state index < -0.39 is 5.82 Å². The highest BCUT2D eigenvalue weighted by atomic mass is 35.5. The van der Waals surface area contributed by atoms with E-state index in [9.17, 15) is 4.39 Å². The Balaban J connectivity index is 1.62. The lowest BCUT2D eigenvalue weighted by Gasteiger charge is -2.14. The van der Waals surface area contributed by atoms with Crippen LogP contribution in [0.3, 0.4) is 0 Å². The molecule has 4 aromatic rings. The largest absolute Gasteiger partial charge is 0.340 e. The third kappa shape index (κ3) is 3.72. The third-order valence-corrected chi connectivity index (χ3v) is 6.72. The molecule has 0 saturated heterocycles. The first-order chi connectivity index (χ1) is 14.2. The molecule has 2 aromatic carbocycles. The van der Waals surface area contributed by atoms with Crippen molar-refractivity contribution in [3.05, 3.63) is 81.2 Å². The van der Waals surface area contributed by atoms with E-state index in [0.29, 0.717) is 6.42 Å². The highest BCUT2D eigenvalue weighted by Crippen LogP contribution is 2.39. The van der Waals surface area contributed by atoms with E-state index in [2.05, 4.69) is 17.4 Å². The second-order valence-electron chi connectivity index (χ2n) is 7.30. The molecule has 1 aliphatic carbocycles. The molecule has 0 fully saturated rings. The van der Waals surface area contributed by atoms with Crippen LogP contribution in [0.5, 0.6) is 0 Å². The summed E-state index contributed by atoms with van der Waals surface area (Å²) < 4.78 is 13.6. The Hall–Kier alpha value is -2.50. The summed E-state index contributed by atoms with van der Waals surface area (Å²) in [6.45, 7) is 0. The summed E-state index contributed by atoms with van der Waals surface area (Å²) in [5.41, 5.74) is 3.25. The van der Waals surface area contributed by atoms with E-state index in [1.165, 1.54) is 34.9 Å². The van der Waals surface area contributed by atoms with Gasteiger partial charge < -0.3 is 5.32 Å². The number of rotatable bonds is 4. The summed E-state index contributed by atoms with van der Waals surface area (Å²) in [7, 11) is 0. The maximum atomic E-state index is 13.6. The van der Waals surface area contributed by atoms with Crippen LogP contribution in [0.25, 0.3) is 10.2 Å². The number of thiophene rings is 1. The summed E-state index contributed by atoms with van der Waals surface area (Å²) in [6.07, 6.45) is 5.23. The number of hydrogen-bond donors (Lipinski definition) is 1. The van der Waals surface area contributed by atoms with Crippen LogP contribution >= 0.6 is 22.9 Å². The Morgan fingerprint density at radius 1 is 1.03 bits per heavy atom. The number of nitrogens with zero attached hydrogens (tertiary/aromatic N) is 2. The molecule has 0 atom stereocenters. The van der Waals surface area contributed by atoms with Crippen LogP contribution in [-0.2, 0) is 19.3 Å². The van der Waals surface area contributed by atoms with Crippen LogP contribution in [0, 0.1) is 5.82 Å². The Morgan fingerprint density at radius 2 is 1.86 bits per heavy atom. The fourth-order valence-corrected chi connectivity index (χ4v) is 5.32. The molecule has 1 N–H and O–H groups in total. The number of aryl methyl sites for hydroxylation is 2. The van der Waals surface area contributed by atoms with Gasteiger partial charge in [0, 0.05) is 17.0 Å². The molecular weight excluding hydrogens is 405 g/mol. The van der Waals surface area contributed by atoms with Crippen LogP contribution in [0.4, 0.5) is 15.9 Å². The van der Waals surface area contributed by atoms with E-state index in [4.69, 9.17) is 21.6 Å². The number of anilines is 2. The highest BCUT2D eigenvalue weighted by Gasteiger charge is 2.21. The van der Waals surface area contributed by atoms with Gasteiger partial charge in [-0.15, -0.1) is 11.3 Å². The zero-order valence-corrected chi connectivity index (χ0v) is 17.3. The SMILES string of the molecule is Fc1ccc(Nc2nc(Cc3ccccc3)nc3sc4c(c23)CCCC4)cc1Cl. The molecule has 146 valence electrons. The van der Waals surface area contributed by atoms with Gasteiger partial charge in [-0.3, -0.25) is 0 Å². The van der Waals surface area contributed by atoms with Gasteiger partial charge in [0.15, 0.2) is 0 Å². The Labute approximate surface area is 177 Å². The van der Waals surface area contributed by atoms with Crippen LogP contribution < -0.4 is 5.32 Å². The molecule has 0 amide bonds. The number of halogens is 2. The summed E-state index contributed by atoms with van der Waals surface area (Å²) in [6, 6.07) is 14.9. The predicted molar refractivity (Wildman–Crippen MR) is 118 cm³/mol. The number of aromatic nitrogens is 2. The summed E-state index contributed by atoms with van der Waals surface area (Å²) in [5, 5.41) is 4.58. The van der Waals surface area contributed by atoms with Crippen molar-refractivity contribution in [1.82, 2.24) is 9.97 Å². The fourth-order valence-electron chi connectivity index (χ4n) is 3.86. The van der Waals surface area contributed by atoms with Gasteiger partial charge in [0.05, 0.1) is 10.4 Å². The van der Waals surface area contributed by atoms with Gasteiger partial charge in [-0.05, 0) is 55.0 Å². The summed E-state index contributed by atoms with van der Waals surface area (Å²) >= 11 is 7.76. The Bertz CT molecular complexity index is 1190. The molecule has 29 heavy (non-hydrogen) atoms. The molecule has 2 heterocycles. The van der Waals surface area contributed by atoms with E-state index in [1.807, 2.05) is 18.2 Å². The van der Waals surface area contributed by atoms with Crippen molar-refractivity contribution in [3.8, 4) is 0 Å². The molecule has 0 saturated carbocycles. The first kappa shape index (κ1) is 18.5. The zero-order chi connectivity index (χ0) is 19.8. The molecule has 0 spiro atoms. The average Bonchev–Trinajstić information content (AvgIpc) is 3.10. The van der Waals surface area contributed by atoms with Crippen LogP contribution in [0.1, 0.15) is 34.7 Å². The van der Waals surface area contributed by atoms with Crippen molar-refractivity contribution in [2.75, 3.05) is 5.32 Å². The second kappa shape index (κ2) is 7.73. The van der Waals surface area contributed by atoms with E-state index in [0.717, 1.165) is 40.4 Å². The molecule has 6 heteroatoms. The molecule has 3 nitrogen and oxygen atoms in total. The number of hydrogen-bond acceptors (Lipinski definition) is 4. The Morgan fingerprint density at radius 3 is 2.69 bits per heavy atom. The minimum atomic E-state index is -0.428. The standard InChI is InChI=1S/C23H19ClFN3S/c24-17-13-15(10-11-18(17)25)26-22-21-16-8-4-5-9-19(16)29-23(21)28-20(27-22)12-14-6-2-1-3-7-14/h1-3,6-7,10-11,13H,4-5,8-9,12H2,(H,26,27,28). The van der Waals surface area contributed by atoms with E-state index in [-0.39, 0.29) is 5.02 Å². The number of benzene rings is 2. The molecular formula is C23H19ClFN3S. The molecule has 2 aromatic heterocycles. The van der Waals surface area contributed by atoms with Gasteiger partial charge in [-0.2, -0.15) is 0 Å². The van der Waals surface area contributed by atoms with Gasteiger partial charge >= 0.3 is 0 Å². The topological polar surface area (TPSA) is 37.8 Å². The lowest BCUT2D eigenvalue weighted by Crippen LogP contribution is -2.04. The zero-order valence-electron chi connectivity index (χ0n) is 15.7. The van der Waals surface area contributed by atoms with Gasteiger partial charge in [0.25, 0.3) is 0 Å². The Kier molecular flexibility index (Phi) is 4.94. The first-order valence-electron chi connectivity index (χ1n) is 9.74. The summed E-state index contributed by atoms with van der Waals surface area (Å²) in [5.74, 6) is 1.13. The average molecular weight is 424 g/mol. The molecule has 0 unspecified atom stereocenters. The third-order valence-electron chi connectivity index (χ3n) is 5.25. The molecule has 0 bridgehead atoms. The monoisotopic (exact) mass is 423 g/mol. The van der Waals surface area contributed by atoms with Crippen molar-refractivity contribution in [2.45, 2.75) is 32.1 Å². The summed E-state index contributed by atoms with van der Waals surface area (Å²) in [4.78, 5) is 12.2. The van der Waals surface area contributed by atoms with Crippen molar-refractivity contribution < 1.29 is 4.39 Å². The molecule has 5 rings (SSSR count). The maximum absolute atomic E-state index is 13.6. The van der Waals surface area contributed by atoms with Crippen LogP contribution in [0.2, 0.25) is 5.02 Å². The minimum Gasteiger partial charge on any atom is -0.340 e. The minimum absolute atomic E-state index is 0.0946. The normalized spacial score (nSPS) is 13.4. The highest BCUT2D eigenvalue weighted by molar-refractivity contribution is 7.19. The lowest BCUT2D eigenvalue weighted by atomic mass is 9.97. The molecule has 0 aliphatic heterocycles. The lowest BCUT2D eigenvalue weighted by molar-refractivity contribution is 0.628. The number of fused-ring (bicyclic) bond motifs is 3. The maximum Gasteiger partial charge on any atom is 0.143 e. The van der Waals surface area contributed by atoms with Crippen molar-refractivity contribution in [1.29, 1.82) is 0 Å². The van der Waals surface area contributed by atoms with Crippen molar-refractivity contribution in [2.24, 2.45) is 0 Å². The van der Waals surface area contributed by atoms with Gasteiger partial charge in [0.1, 0.15) is 22.3 Å². The van der Waals surface area contributed by atoms with Gasteiger partial charge in [-0.25, -0.2) is 14.4 Å². The quantitative estimate of drug-likeness (QED) is 0.397. The molecule has 1 aliphatic rings. The predicted octanol–water partition coefficient (Wildman–Crippen LogP) is 6.70. The fraction of sp³-hybridized carbons (Fsp3) is 0.217. The first-order valence-corrected chi connectivity index (χ1v) is 10.9. The van der Waals surface area contributed by atoms with Crippen LogP contribution in [0.15, 0.2) is 48.5 Å². The molecule has 0 radical (unpaired) electrons. The van der Waals surface area contributed by atoms with E-state index in [1.54, 1.807) is 23.5 Å². The number of nitrogens with one attached hydrogen (secondary N) is 1. The van der Waals surface area contributed by atoms with Crippen molar-refractivity contribution >= 4 is 44.7 Å². The van der Waals surface area contributed by atoms with Crippen molar-refractivity contribution in [3.63, 3.8) is 0 Å². The van der Waals surface area contributed by atoms with Gasteiger partial charge in [0.2, 0.25) is 0 Å².